The number of nitro benzene ring substituents is 1. The Balaban J connectivity index is 2.74. The number of rotatable bonds is 2. The second-order valence-corrected chi connectivity index (χ2v) is 3.61. The van der Waals surface area contributed by atoms with Gasteiger partial charge in [0, 0.05) is 23.4 Å². The van der Waals surface area contributed by atoms with Crippen molar-refractivity contribution in [1.29, 1.82) is 5.26 Å². The van der Waals surface area contributed by atoms with E-state index in [1.807, 2.05) is 0 Å². The summed E-state index contributed by atoms with van der Waals surface area (Å²) in [5.74, 6) is -2.33. The number of benzene rings is 1. The highest BCUT2D eigenvalue weighted by molar-refractivity contribution is 6.35. The summed E-state index contributed by atoms with van der Waals surface area (Å²) in [6, 6.07) is 4.93. The number of carboxylic acid groups (broad SMARTS) is 1. The van der Waals surface area contributed by atoms with Crippen LogP contribution in [0.3, 0.4) is 0 Å². The zero-order chi connectivity index (χ0) is 14.2. The fraction of sp³-hybridized carbons (Fsp3) is 0. The third-order valence-corrected chi connectivity index (χ3v) is 2.53. The number of nitriles is 1. The Morgan fingerprint density at radius 3 is 2.68 bits per heavy atom. The van der Waals surface area contributed by atoms with Crippen molar-refractivity contribution in [2.45, 2.75) is 0 Å². The molecule has 1 heterocycles. The lowest BCUT2D eigenvalue weighted by molar-refractivity contribution is -0.384. The van der Waals surface area contributed by atoms with Gasteiger partial charge in [-0.15, -0.1) is 0 Å². The van der Waals surface area contributed by atoms with Gasteiger partial charge in [0.05, 0.1) is 10.5 Å². The van der Waals surface area contributed by atoms with Crippen molar-refractivity contribution < 1.29 is 19.6 Å². The number of fused-ring (bicyclic) bond motifs is 1. The number of aliphatic carboxylic acids is 1. The maximum absolute atomic E-state index is 11.7. The van der Waals surface area contributed by atoms with Gasteiger partial charge in [-0.3, -0.25) is 14.9 Å². The molecule has 0 radical (unpaired) electrons. The van der Waals surface area contributed by atoms with Gasteiger partial charge in [0.2, 0.25) is 0 Å². The minimum atomic E-state index is -1.56. The number of non-ortho nitro benzene ring substituents is 1. The molecule has 0 spiro atoms. The van der Waals surface area contributed by atoms with Gasteiger partial charge < -0.3 is 10.4 Å². The van der Waals surface area contributed by atoms with Gasteiger partial charge in [-0.1, -0.05) is 0 Å². The molecule has 2 rings (SSSR count). The topological polar surface area (TPSA) is 133 Å². The Morgan fingerprint density at radius 1 is 1.47 bits per heavy atom. The molecule has 1 aliphatic heterocycles. The molecule has 1 aliphatic rings. The van der Waals surface area contributed by atoms with E-state index in [1.54, 1.807) is 0 Å². The number of amides is 1. The van der Waals surface area contributed by atoms with Crippen LogP contribution in [0, 0.1) is 21.4 Å². The maximum Gasteiger partial charge on any atom is 0.347 e. The summed E-state index contributed by atoms with van der Waals surface area (Å²) in [6.07, 6.45) is 0. The van der Waals surface area contributed by atoms with Crippen LogP contribution in [-0.2, 0) is 9.59 Å². The fourth-order valence-corrected chi connectivity index (χ4v) is 1.73. The smallest absolute Gasteiger partial charge is 0.347 e. The Hall–Kier alpha value is -3.21. The van der Waals surface area contributed by atoms with E-state index in [9.17, 15) is 19.7 Å². The molecule has 0 saturated carbocycles. The summed E-state index contributed by atoms with van der Waals surface area (Å²) in [4.78, 5) is 32.6. The number of nitro groups is 1. The minimum Gasteiger partial charge on any atom is -0.477 e. The minimum absolute atomic E-state index is 0.0400. The van der Waals surface area contributed by atoms with E-state index in [2.05, 4.69) is 5.32 Å². The van der Waals surface area contributed by atoms with Crippen molar-refractivity contribution in [3.05, 3.63) is 39.4 Å². The second-order valence-electron chi connectivity index (χ2n) is 3.61. The van der Waals surface area contributed by atoms with Gasteiger partial charge in [-0.05, 0) is 6.07 Å². The summed E-state index contributed by atoms with van der Waals surface area (Å²) in [5.41, 5.74) is -1.14. The summed E-state index contributed by atoms with van der Waals surface area (Å²) < 4.78 is 0. The van der Waals surface area contributed by atoms with Crippen LogP contribution in [0.15, 0.2) is 23.8 Å². The largest absolute Gasteiger partial charge is 0.477 e. The highest BCUT2D eigenvalue weighted by atomic mass is 16.6. The van der Waals surface area contributed by atoms with Crippen LogP contribution in [0.25, 0.3) is 5.57 Å². The van der Waals surface area contributed by atoms with Gasteiger partial charge in [-0.25, -0.2) is 4.79 Å². The van der Waals surface area contributed by atoms with E-state index >= 15 is 0 Å². The molecule has 8 heteroatoms. The lowest BCUT2D eigenvalue weighted by atomic mass is 10.0. The van der Waals surface area contributed by atoms with Crippen LogP contribution in [0.2, 0.25) is 0 Å². The molecular formula is C11H5N3O5. The third kappa shape index (κ3) is 1.89. The first-order valence-corrected chi connectivity index (χ1v) is 4.93. The van der Waals surface area contributed by atoms with Gasteiger partial charge in [0.25, 0.3) is 11.6 Å². The molecule has 1 aromatic rings. The number of hydrogen-bond acceptors (Lipinski definition) is 5. The number of carbonyl (C=O) groups excluding carboxylic acids is 1. The number of hydrogen-bond donors (Lipinski definition) is 2. The van der Waals surface area contributed by atoms with Crippen molar-refractivity contribution in [3.8, 4) is 6.07 Å². The number of carbonyl (C=O) groups is 2. The number of anilines is 1. The van der Waals surface area contributed by atoms with E-state index in [0.717, 1.165) is 6.07 Å². The van der Waals surface area contributed by atoms with Crippen LogP contribution in [0.4, 0.5) is 11.4 Å². The first kappa shape index (κ1) is 12.3. The Kier molecular flexibility index (Phi) is 2.73. The summed E-state index contributed by atoms with van der Waals surface area (Å²) in [6.45, 7) is 0. The second kappa shape index (κ2) is 4.23. The van der Waals surface area contributed by atoms with E-state index in [-0.39, 0.29) is 22.5 Å². The van der Waals surface area contributed by atoms with Crippen LogP contribution in [0.5, 0.6) is 0 Å². The first-order valence-electron chi connectivity index (χ1n) is 4.93. The van der Waals surface area contributed by atoms with Crippen LogP contribution >= 0.6 is 0 Å². The van der Waals surface area contributed by atoms with E-state index in [0.29, 0.717) is 0 Å². The van der Waals surface area contributed by atoms with Crippen molar-refractivity contribution in [2.24, 2.45) is 0 Å². The van der Waals surface area contributed by atoms with Crippen molar-refractivity contribution >= 4 is 28.8 Å². The molecule has 0 atom stereocenters. The molecule has 1 amide bonds. The highest BCUT2D eigenvalue weighted by Gasteiger charge is 2.31. The quantitative estimate of drug-likeness (QED) is 0.351. The van der Waals surface area contributed by atoms with E-state index in [4.69, 9.17) is 10.4 Å². The fourth-order valence-electron chi connectivity index (χ4n) is 1.73. The molecule has 8 nitrogen and oxygen atoms in total. The third-order valence-electron chi connectivity index (χ3n) is 2.53. The predicted molar refractivity (Wildman–Crippen MR) is 61.9 cm³/mol. The normalized spacial score (nSPS) is 15.2. The molecule has 0 bridgehead atoms. The molecule has 0 saturated heterocycles. The van der Waals surface area contributed by atoms with Gasteiger partial charge >= 0.3 is 5.97 Å². The van der Waals surface area contributed by atoms with Crippen molar-refractivity contribution in [2.75, 3.05) is 5.32 Å². The van der Waals surface area contributed by atoms with Crippen LogP contribution in [-0.4, -0.2) is 21.9 Å². The van der Waals surface area contributed by atoms with Crippen LogP contribution in [0.1, 0.15) is 5.56 Å². The summed E-state index contributed by atoms with van der Waals surface area (Å²) in [7, 11) is 0. The highest BCUT2D eigenvalue weighted by Crippen LogP contribution is 2.36. The average molecular weight is 259 g/mol. The molecule has 0 fully saturated rings. The van der Waals surface area contributed by atoms with Gasteiger partial charge in [-0.2, -0.15) is 5.26 Å². The Morgan fingerprint density at radius 2 is 2.16 bits per heavy atom. The molecule has 1 aromatic carbocycles. The molecule has 94 valence electrons. The van der Waals surface area contributed by atoms with Gasteiger partial charge in [0.1, 0.15) is 6.07 Å². The molecule has 19 heavy (non-hydrogen) atoms. The molecule has 0 aromatic heterocycles. The molecular weight excluding hydrogens is 254 g/mol. The lowest BCUT2D eigenvalue weighted by Gasteiger charge is -1.99. The molecule has 2 N–H and O–H groups in total. The zero-order valence-electron chi connectivity index (χ0n) is 9.21. The monoisotopic (exact) mass is 259 g/mol. The average Bonchev–Trinajstić information content (AvgIpc) is 2.66. The molecule has 0 unspecified atom stereocenters. The zero-order valence-corrected chi connectivity index (χ0v) is 9.21. The SMILES string of the molecule is N#CC(C(=O)O)=C1C(=O)Nc2ccc([N+](=O)[O-])cc21. The first-order chi connectivity index (χ1) is 8.95. The summed E-state index contributed by atoms with van der Waals surface area (Å²) in [5, 5.41) is 30.7. The Bertz CT molecular complexity index is 699. The number of nitrogens with one attached hydrogen (secondary N) is 1. The number of carboxylic acids is 1. The lowest BCUT2D eigenvalue weighted by Crippen LogP contribution is -2.10. The van der Waals surface area contributed by atoms with Crippen molar-refractivity contribution in [1.82, 2.24) is 0 Å². The maximum atomic E-state index is 11.7. The standard InChI is InChI=1S/C11H5N3O5/c12-4-7(11(16)17)9-6-3-5(14(18)19)1-2-8(6)13-10(9)15/h1-3H,(H,13,15)(H,16,17). The predicted octanol–water partition coefficient (Wildman–Crippen LogP) is 0.909. The molecule has 0 aliphatic carbocycles. The number of nitrogens with zero attached hydrogens (tertiary/aromatic N) is 2. The Labute approximate surface area is 105 Å². The van der Waals surface area contributed by atoms with Crippen molar-refractivity contribution in [3.63, 3.8) is 0 Å². The van der Waals surface area contributed by atoms with E-state index in [1.165, 1.54) is 18.2 Å². The van der Waals surface area contributed by atoms with E-state index < -0.39 is 22.4 Å². The van der Waals surface area contributed by atoms with Gasteiger partial charge in [0.15, 0.2) is 5.57 Å². The summed E-state index contributed by atoms with van der Waals surface area (Å²) >= 11 is 0. The van der Waals surface area contributed by atoms with Crippen LogP contribution < -0.4 is 5.32 Å².